The predicted molar refractivity (Wildman–Crippen MR) is 95.7 cm³/mol. The van der Waals surface area contributed by atoms with Gasteiger partial charge in [-0.3, -0.25) is 4.79 Å². The Bertz CT molecular complexity index is 844. The van der Waals surface area contributed by atoms with Crippen LogP contribution >= 0.6 is 11.3 Å². The van der Waals surface area contributed by atoms with E-state index in [0.29, 0.717) is 17.5 Å². The fourth-order valence-electron chi connectivity index (χ4n) is 2.44. The second kappa shape index (κ2) is 8.35. The number of nitrogens with zero attached hydrogens (tertiary/aromatic N) is 1. The molecule has 3 rings (SSSR count). The molecule has 0 aliphatic carbocycles. The van der Waals surface area contributed by atoms with Crippen molar-refractivity contribution in [1.82, 2.24) is 0 Å². The quantitative estimate of drug-likeness (QED) is 0.372. The molecule has 0 saturated heterocycles. The Morgan fingerprint density at radius 3 is 2.24 bits per heavy atom. The minimum atomic E-state index is -0.330. The predicted octanol–water partition coefficient (Wildman–Crippen LogP) is 3.32. The van der Waals surface area contributed by atoms with E-state index in [-0.39, 0.29) is 24.9 Å². The molecular weight excluding hydrogens is 334 g/mol. The molecule has 0 amide bonds. The van der Waals surface area contributed by atoms with E-state index in [0.717, 1.165) is 5.01 Å². The van der Waals surface area contributed by atoms with Crippen LogP contribution in [0.5, 0.6) is 0 Å². The fraction of sp³-hybridized carbons (Fsp3) is 0.150. The van der Waals surface area contributed by atoms with E-state index in [1.807, 2.05) is 52.5 Å². The summed E-state index contributed by atoms with van der Waals surface area (Å²) in [6, 6.07) is 18.2. The van der Waals surface area contributed by atoms with E-state index in [1.165, 1.54) is 0 Å². The summed E-state index contributed by atoms with van der Waals surface area (Å²) < 4.78 is 7.23. The van der Waals surface area contributed by atoms with Crippen LogP contribution in [0.1, 0.15) is 25.7 Å². The standard InChI is InChI=1S/C20H18NO3S/c22-18(16-7-3-1-4-8-16)15-21-12-14-25-19(21)11-13-24-20(23)17-9-5-2-6-10-17/h1-10,12,14H,11,13,15H2/q+1. The zero-order chi connectivity index (χ0) is 17.5. The Hall–Kier alpha value is -2.79. The highest BCUT2D eigenvalue weighted by Crippen LogP contribution is 2.07. The third kappa shape index (κ3) is 4.61. The second-order valence-electron chi connectivity index (χ2n) is 5.47. The van der Waals surface area contributed by atoms with Gasteiger partial charge in [-0.1, -0.05) is 59.9 Å². The van der Waals surface area contributed by atoms with Crippen molar-refractivity contribution in [2.24, 2.45) is 0 Å². The minimum Gasteiger partial charge on any atom is -0.461 e. The molecule has 25 heavy (non-hydrogen) atoms. The molecule has 1 heterocycles. The number of rotatable bonds is 7. The second-order valence-corrected chi connectivity index (χ2v) is 6.44. The molecule has 0 saturated carbocycles. The number of benzene rings is 2. The fourth-order valence-corrected chi connectivity index (χ4v) is 3.26. The lowest BCUT2D eigenvalue weighted by molar-refractivity contribution is -0.685. The van der Waals surface area contributed by atoms with Crippen LogP contribution < -0.4 is 4.57 Å². The highest BCUT2D eigenvalue weighted by Gasteiger charge is 2.18. The highest BCUT2D eigenvalue weighted by atomic mass is 32.1. The van der Waals surface area contributed by atoms with Gasteiger partial charge in [0.25, 0.3) is 0 Å². The summed E-state index contributed by atoms with van der Waals surface area (Å²) in [5.74, 6) is -0.268. The van der Waals surface area contributed by atoms with E-state index >= 15 is 0 Å². The van der Waals surface area contributed by atoms with Crippen LogP contribution in [0.3, 0.4) is 0 Å². The number of aromatic nitrogens is 1. The minimum absolute atomic E-state index is 0.0616. The summed E-state index contributed by atoms with van der Waals surface area (Å²) in [6.07, 6.45) is 2.47. The number of hydrogen-bond donors (Lipinski definition) is 0. The lowest BCUT2D eigenvalue weighted by Crippen LogP contribution is -2.39. The van der Waals surface area contributed by atoms with Crippen LogP contribution in [-0.2, 0) is 17.7 Å². The number of thiazole rings is 1. The van der Waals surface area contributed by atoms with Gasteiger partial charge in [0.2, 0.25) is 17.3 Å². The van der Waals surface area contributed by atoms with E-state index in [1.54, 1.807) is 35.6 Å². The van der Waals surface area contributed by atoms with Crippen LogP contribution in [0, 0.1) is 0 Å². The van der Waals surface area contributed by atoms with Crippen LogP contribution in [0.15, 0.2) is 72.2 Å². The summed E-state index contributed by atoms with van der Waals surface area (Å²) in [7, 11) is 0. The molecule has 0 aliphatic rings. The van der Waals surface area contributed by atoms with Gasteiger partial charge in [-0.2, -0.15) is 4.57 Å². The lowest BCUT2D eigenvalue weighted by atomic mass is 10.1. The van der Waals surface area contributed by atoms with E-state index in [4.69, 9.17) is 4.74 Å². The SMILES string of the molecule is O=C(C[n+]1ccsc1CCOC(=O)c1ccccc1)c1ccccc1. The molecule has 0 spiro atoms. The van der Waals surface area contributed by atoms with E-state index < -0.39 is 0 Å². The van der Waals surface area contributed by atoms with Crippen molar-refractivity contribution >= 4 is 23.1 Å². The number of carbonyl (C=O) groups is 2. The topological polar surface area (TPSA) is 47.2 Å². The van der Waals surface area contributed by atoms with Gasteiger partial charge in [-0.15, -0.1) is 0 Å². The Labute approximate surface area is 150 Å². The van der Waals surface area contributed by atoms with Crippen LogP contribution in [-0.4, -0.2) is 18.4 Å². The maximum absolute atomic E-state index is 12.3. The average Bonchev–Trinajstić information content (AvgIpc) is 3.10. The van der Waals surface area contributed by atoms with Crippen molar-refractivity contribution in [3.63, 3.8) is 0 Å². The first-order chi connectivity index (χ1) is 12.2. The summed E-state index contributed by atoms with van der Waals surface area (Å²) in [5.41, 5.74) is 1.24. The van der Waals surface area contributed by atoms with Gasteiger partial charge >= 0.3 is 5.97 Å². The molecule has 4 nitrogen and oxygen atoms in total. The number of carbonyl (C=O) groups excluding carboxylic acids is 2. The summed E-state index contributed by atoms with van der Waals surface area (Å²) in [5, 5.41) is 2.94. The van der Waals surface area contributed by atoms with E-state index in [2.05, 4.69) is 0 Å². The summed E-state index contributed by atoms with van der Waals surface area (Å²) >= 11 is 1.55. The third-order valence-electron chi connectivity index (χ3n) is 3.73. The molecule has 0 fully saturated rings. The molecule has 5 heteroatoms. The number of hydrogen-bond acceptors (Lipinski definition) is 4. The van der Waals surface area contributed by atoms with Crippen LogP contribution in [0.25, 0.3) is 0 Å². The first kappa shape index (κ1) is 17.0. The van der Waals surface area contributed by atoms with Gasteiger partial charge < -0.3 is 4.74 Å². The number of Topliss-reactive ketones (excluding diaryl/α,β-unsaturated/α-hetero) is 1. The monoisotopic (exact) mass is 352 g/mol. The van der Waals surface area contributed by atoms with Crippen molar-refractivity contribution in [1.29, 1.82) is 0 Å². The molecule has 3 aromatic rings. The molecule has 0 unspecified atom stereocenters. The number of esters is 1. The lowest BCUT2D eigenvalue weighted by Gasteiger charge is -2.03. The van der Waals surface area contributed by atoms with Gasteiger partial charge in [0.15, 0.2) is 6.20 Å². The van der Waals surface area contributed by atoms with Crippen LogP contribution in [0.2, 0.25) is 0 Å². The van der Waals surface area contributed by atoms with Crippen molar-refractivity contribution in [3.05, 3.63) is 88.4 Å². The zero-order valence-electron chi connectivity index (χ0n) is 13.6. The van der Waals surface area contributed by atoms with Crippen molar-refractivity contribution in [2.45, 2.75) is 13.0 Å². The van der Waals surface area contributed by atoms with Gasteiger partial charge in [-0.25, -0.2) is 4.79 Å². The molecule has 0 bridgehead atoms. The first-order valence-corrected chi connectivity index (χ1v) is 8.88. The number of ether oxygens (including phenoxy) is 1. The van der Waals surface area contributed by atoms with Gasteiger partial charge in [0.05, 0.1) is 17.4 Å². The highest BCUT2D eigenvalue weighted by molar-refractivity contribution is 7.09. The smallest absolute Gasteiger partial charge is 0.338 e. The summed E-state index contributed by atoms with van der Waals surface area (Å²) in [6.45, 7) is 0.573. The maximum atomic E-state index is 12.3. The van der Waals surface area contributed by atoms with Crippen LogP contribution in [0.4, 0.5) is 0 Å². The molecule has 0 atom stereocenters. The van der Waals surface area contributed by atoms with Crippen molar-refractivity contribution < 1.29 is 18.9 Å². The molecular formula is C20H18NO3S+. The van der Waals surface area contributed by atoms with Crippen molar-refractivity contribution in [2.75, 3.05) is 6.61 Å². The Kier molecular flexibility index (Phi) is 5.69. The molecule has 126 valence electrons. The largest absolute Gasteiger partial charge is 0.461 e. The molecule has 0 aliphatic heterocycles. The zero-order valence-corrected chi connectivity index (χ0v) is 14.4. The number of ketones is 1. The maximum Gasteiger partial charge on any atom is 0.338 e. The van der Waals surface area contributed by atoms with Crippen molar-refractivity contribution in [3.8, 4) is 0 Å². The molecule has 0 radical (unpaired) electrons. The van der Waals surface area contributed by atoms with E-state index in [9.17, 15) is 9.59 Å². The molecule has 2 aromatic carbocycles. The Morgan fingerprint density at radius 1 is 0.920 bits per heavy atom. The Balaban J connectivity index is 1.55. The molecule has 1 aromatic heterocycles. The Morgan fingerprint density at radius 2 is 1.56 bits per heavy atom. The third-order valence-corrected chi connectivity index (χ3v) is 4.70. The summed E-state index contributed by atoms with van der Waals surface area (Å²) in [4.78, 5) is 24.3. The van der Waals surface area contributed by atoms with Gasteiger partial charge in [0, 0.05) is 5.56 Å². The first-order valence-electron chi connectivity index (χ1n) is 8.00. The van der Waals surface area contributed by atoms with Gasteiger partial charge in [-0.05, 0) is 12.1 Å². The average molecular weight is 352 g/mol. The van der Waals surface area contributed by atoms with Gasteiger partial charge in [0.1, 0.15) is 6.61 Å². The molecule has 0 N–H and O–H groups in total. The normalized spacial score (nSPS) is 10.4.